The number of nitrogens with zero attached hydrogens (tertiary/aromatic N) is 1. The maximum atomic E-state index is 9.08. The largest absolute Gasteiger partial charge is 0.513 e. The van der Waals surface area contributed by atoms with Gasteiger partial charge < -0.3 is 5.11 Å². The first-order chi connectivity index (χ1) is 7.49. The molecule has 1 aromatic rings. The molecule has 88 valence electrons. The zero-order chi connectivity index (χ0) is 12.0. The fourth-order valence-electron chi connectivity index (χ4n) is 1.04. The molecule has 0 aliphatic heterocycles. The second-order valence-electron chi connectivity index (χ2n) is 4.16. The van der Waals surface area contributed by atoms with Gasteiger partial charge in [0.1, 0.15) is 5.03 Å². The lowest BCUT2D eigenvalue weighted by molar-refractivity contribution is 0.379. The first-order valence-electron chi connectivity index (χ1n) is 5.13. The molecule has 0 unspecified atom stereocenters. The molecule has 0 amide bonds. The van der Waals surface area contributed by atoms with E-state index in [-0.39, 0.29) is 10.5 Å². The summed E-state index contributed by atoms with van der Waals surface area (Å²) in [6.45, 7) is 7.83. The monoisotopic (exact) mass is 255 g/mol. The van der Waals surface area contributed by atoms with Crippen molar-refractivity contribution in [3.05, 3.63) is 36.7 Å². The van der Waals surface area contributed by atoms with Crippen molar-refractivity contribution in [1.82, 2.24) is 4.98 Å². The van der Waals surface area contributed by atoms with Crippen molar-refractivity contribution in [2.45, 2.75) is 36.5 Å². The fraction of sp³-hybridized carbons (Fsp3) is 0.417. The van der Waals surface area contributed by atoms with Crippen molar-refractivity contribution < 1.29 is 5.11 Å². The number of rotatable bonds is 6. The topological polar surface area (TPSA) is 33.1 Å². The van der Waals surface area contributed by atoms with Crippen LogP contribution in [0.15, 0.2) is 41.8 Å². The van der Waals surface area contributed by atoms with Gasteiger partial charge in [0.15, 0.2) is 0 Å². The van der Waals surface area contributed by atoms with Crippen LogP contribution in [-0.2, 0) is 0 Å². The lowest BCUT2D eigenvalue weighted by Gasteiger charge is -2.22. The Labute approximate surface area is 105 Å². The number of aliphatic hydroxyl groups excluding tert-OH is 1. The molecular weight excluding hydrogens is 238 g/mol. The van der Waals surface area contributed by atoms with Crippen molar-refractivity contribution in [3.63, 3.8) is 0 Å². The number of hydrogen-bond acceptors (Lipinski definition) is 4. The Hall–Kier alpha value is -0.610. The molecule has 0 aliphatic rings. The summed E-state index contributed by atoms with van der Waals surface area (Å²) in [7, 11) is 3.45. The molecule has 1 N–H and O–H groups in total. The van der Waals surface area contributed by atoms with E-state index in [1.54, 1.807) is 27.8 Å². The Morgan fingerprint density at radius 3 is 2.81 bits per heavy atom. The van der Waals surface area contributed by atoms with E-state index in [1.165, 1.54) is 0 Å². The van der Waals surface area contributed by atoms with E-state index in [9.17, 15) is 0 Å². The average Bonchev–Trinajstić information content (AvgIpc) is 2.26. The van der Waals surface area contributed by atoms with Gasteiger partial charge >= 0.3 is 0 Å². The third kappa shape index (κ3) is 5.47. The number of aromatic nitrogens is 1. The minimum Gasteiger partial charge on any atom is -0.513 e. The molecule has 0 bridgehead atoms. The van der Waals surface area contributed by atoms with Crippen molar-refractivity contribution >= 4 is 21.6 Å². The van der Waals surface area contributed by atoms with Gasteiger partial charge in [-0.15, -0.1) is 0 Å². The molecule has 1 rings (SSSR count). The van der Waals surface area contributed by atoms with Crippen LogP contribution in [0.5, 0.6) is 0 Å². The molecule has 0 spiro atoms. The summed E-state index contributed by atoms with van der Waals surface area (Å²) in [6.07, 6.45) is 3.36. The van der Waals surface area contributed by atoms with Crippen LogP contribution in [0.3, 0.4) is 0 Å². The minimum absolute atomic E-state index is 0.105. The standard InChI is InChI=1S/C12H17NOS2/c1-10(14)7-8-12(2,3)16-15-11-6-4-5-9-13-11/h4-6,9,14H,1,7-8H2,2-3H3. The van der Waals surface area contributed by atoms with Crippen LogP contribution < -0.4 is 0 Å². The third-order valence-corrected chi connectivity index (χ3v) is 5.27. The molecule has 0 saturated heterocycles. The molecular formula is C12H17NOS2. The van der Waals surface area contributed by atoms with Gasteiger partial charge in [-0.3, -0.25) is 0 Å². The second-order valence-corrected chi connectivity index (χ2v) is 7.02. The van der Waals surface area contributed by atoms with E-state index < -0.39 is 0 Å². The number of pyridine rings is 1. The zero-order valence-corrected chi connectivity index (χ0v) is 11.3. The van der Waals surface area contributed by atoms with Crippen molar-refractivity contribution in [3.8, 4) is 0 Å². The number of hydrogen-bond donors (Lipinski definition) is 1. The van der Waals surface area contributed by atoms with E-state index >= 15 is 0 Å². The normalized spacial score (nSPS) is 11.4. The first kappa shape index (κ1) is 13.5. The lowest BCUT2D eigenvalue weighted by Crippen LogP contribution is -2.13. The summed E-state index contributed by atoms with van der Waals surface area (Å²) >= 11 is 0. The van der Waals surface area contributed by atoms with Crippen LogP contribution in [0.25, 0.3) is 0 Å². The van der Waals surface area contributed by atoms with E-state index in [0.717, 1.165) is 11.4 Å². The third-order valence-electron chi connectivity index (χ3n) is 2.01. The van der Waals surface area contributed by atoms with Crippen molar-refractivity contribution in [2.75, 3.05) is 0 Å². The maximum absolute atomic E-state index is 9.08. The molecule has 0 radical (unpaired) electrons. The zero-order valence-electron chi connectivity index (χ0n) is 9.64. The summed E-state index contributed by atoms with van der Waals surface area (Å²) in [4.78, 5) is 4.25. The average molecular weight is 255 g/mol. The Morgan fingerprint density at radius 2 is 2.25 bits per heavy atom. The molecule has 1 aromatic heterocycles. The second kappa shape index (κ2) is 6.21. The van der Waals surface area contributed by atoms with Crippen molar-refractivity contribution in [2.24, 2.45) is 0 Å². The molecule has 0 atom stereocenters. The first-order valence-corrected chi connectivity index (χ1v) is 7.28. The van der Waals surface area contributed by atoms with Gasteiger partial charge in [0, 0.05) is 17.4 Å². The number of aliphatic hydroxyl groups is 1. The lowest BCUT2D eigenvalue weighted by atomic mass is 10.1. The summed E-state index contributed by atoms with van der Waals surface area (Å²) in [5.74, 6) is 0.261. The Balaban J connectivity index is 2.38. The van der Waals surface area contributed by atoms with Gasteiger partial charge in [-0.1, -0.05) is 23.4 Å². The van der Waals surface area contributed by atoms with Gasteiger partial charge in [0.2, 0.25) is 0 Å². The van der Waals surface area contributed by atoms with E-state index in [1.807, 2.05) is 18.2 Å². The Bertz CT molecular complexity index is 338. The summed E-state index contributed by atoms with van der Waals surface area (Å²) in [6, 6.07) is 5.90. The van der Waals surface area contributed by atoms with Crippen LogP contribution in [0.4, 0.5) is 0 Å². The van der Waals surface area contributed by atoms with E-state index in [0.29, 0.717) is 6.42 Å². The molecule has 16 heavy (non-hydrogen) atoms. The molecule has 0 saturated carbocycles. The quantitative estimate of drug-likeness (QED) is 0.601. The van der Waals surface area contributed by atoms with E-state index in [2.05, 4.69) is 25.4 Å². The van der Waals surface area contributed by atoms with Crippen LogP contribution in [0, 0.1) is 0 Å². The van der Waals surface area contributed by atoms with Crippen LogP contribution in [0.2, 0.25) is 0 Å². The molecule has 1 heterocycles. The van der Waals surface area contributed by atoms with Crippen LogP contribution in [-0.4, -0.2) is 14.8 Å². The minimum atomic E-state index is 0.105. The Kier molecular flexibility index (Phi) is 5.22. The summed E-state index contributed by atoms with van der Waals surface area (Å²) in [5, 5.41) is 10.1. The predicted octanol–water partition coefficient (Wildman–Crippen LogP) is 4.45. The van der Waals surface area contributed by atoms with E-state index in [4.69, 9.17) is 5.11 Å². The molecule has 4 heteroatoms. The highest BCUT2D eigenvalue weighted by Crippen LogP contribution is 2.42. The highest BCUT2D eigenvalue weighted by molar-refractivity contribution is 8.77. The molecule has 0 aliphatic carbocycles. The van der Waals surface area contributed by atoms with Gasteiger partial charge in [-0.05, 0) is 43.2 Å². The predicted molar refractivity (Wildman–Crippen MR) is 72.8 cm³/mol. The summed E-state index contributed by atoms with van der Waals surface area (Å²) < 4.78 is 0.105. The van der Waals surface area contributed by atoms with Crippen LogP contribution >= 0.6 is 21.6 Å². The fourth-order valence-corrected chi connectivity index (χ4v) is 3.25. The molecule has 0 aromatic carbocycles. The number of allylic oxidation sites excluding steroid dienone is 1. The highest BCUT2D eigenvalue weighted by atomic mass is 33.1. The SMILES string of the molecule is C=C(O)CCC(C)(C)SSc1ccccn1. The van der Waals surface area contributed by atoms with Gasteiger partial charge in [0.25, 0.3) is 0 Å². The molecule has 0 fully saturated rings. The van der Waals surface area contributed by atoms with Gasteiger partial charge in [-0.2, -0.15) is 0 Å². The van der Waals surface area contributed by atoms with Gasteiger partial charge in [-0.25, -0.2) is 4.98 Å². The highest BCUT2D eigenvalue weighted by Gasteiger charge is 2.19. The van der Waals surface area contributed by atoms with Crippen LogP contribution in [0.1, 0.15) is 26.7 Å². The summed E-state index contributed by atoms with van der Waals surface area (Å²) in [5.41, 5.74) is 0. The maximum Gasteiger partial charge on any atom is 0.106 e. The van der Waals surface area contributed by atoms with Gasteiger partial charge in [0.05, 0.1) is 5.76 Å². The molecule has 2 nitrogen and oxygen atoms in total. The smallest absolute Gasteiger partial charge is 0.106 e. The Morgan fingerprint density at radius 1 is 1.50 bits per heavy atom. The van der Waals surface area contributed by atoms with Crippen molar-refractivity contribution in [1.29, 1.82) is 0 Å².